The minimum atomic E-state index is -0.0329. The number of H-pyrrole nitrogens is 1. The van der Waals surface area contributed by atoms with Crippen molar-refractivity contribution in [3.05, 3.63) is 91.0 Å². The first-order valence-electron chi connectivity index (χ1n) is 10.7. The van der Waals surface area contributed by atoms with Crippen LogP contribution in [0, 0.1) is 0 Å². The van der Waals surface area contributed by atoms with Gasteiger partial charge >= 0.3 is 0 Å². The van der Waals surface area contributed by atoms with Gasteiger partial charge in [0, 0.05) is 28.7 Å². The molecule has 0 unspecified atom stereocenters. The first-order chi connectivity index (χ1) is 16.2. The molecule has 0 fully saturated rings. The third-order valence-corrected chi connectivity index (χ3v) is 5.63. The Morgan fingerprint density at radius 3 is 2.55 bits per heavy atom. The van der Waals surface area contributed by atoms with Crippen molar-refractivity contribution in [2.75, 3.05) is 12.4 Å². The smallest absolute Gasteiger partial charge is 0.224 e. The van der Waals surface area contributed by atoms with Crippen LogP contribution < -0.4 is 10.1 Å². The lowest BCUT2D eigenvalue weighted by Crippen LogP contribution is -2.12. The van der Waals surface area contributed by atoms with E-state index in [1.54, 1.807) is 18.1 Å². The highest BCUT2D eigenvalue weighted by Crippen LogP contribution is 2.32. The van der Waals surface area contributed by atoms with Crippen LogP contribution in [0.1, 0.15) is 12.0 Å². The highest BCUT2D eigenvalue weighted by Gasteiger charge is 2.15. The van der Waals surface area contributed by atoms with Gasteiger partial charge in [0.25, 0.3) is 0 Å². The number of carbonyl (C=O) groups excluding carboxylic acids is 1. The Bertz CT molecular complexity index is 1370. The third-order valence-electron chi connectivity index (χ3n) is 5.63. The Hall–Kier alpha value is -4.39. The molecule has 5 aromatic rings. The fraction of sp³-hybridized carbons (Fsp3) is 0.115. The molecule has 1 amide bonds. The number of hydrogen-bond donors (Lipinski definition) is 2. The maximum atomic E-state index is 12.7. The van der Waals surface area contributed by atoms with Crippen molar-refractivity contribution in [3.8, 4) is 22.7 Å². The molecule has 2 N–H and O–H groups in total. The van der Waals surface area contributed by atoms with E-state index in [0.29, 0.717) is 12.8 Å². The molecule has 164 valence electrons. The fourth-order valence-electron chi connectivity index (χ4n) is 3.96. The maximum absolute atomic E-state index is 12.7. The summed E-state index contributed by atoms with van der Waals surface area (Å²) in [5.41, 5.74) is 5.91. The normalized spacial score (nSPS) is 10.9. The van der Waals surface area contributed by atoms with E-state index in [1.807, 2.05) is 60.7 Å². The van der Waals surface area contributed by atoms with E-state index < -0.39 is 0 Å². The predicted molar refractivity (Wildman–Crippen MR) is 129 cm³/mol. The standard InChI is InChI=1S/C26H23N5O2/c1-33-21-12-6-18(7-13-21)26-23(22-4-2-3-5-24(22)30-26)14-15-25(32)29-19-8-10-20(11-9-19)31-17-27-16-28-31/h2-13,16-17,30H,14-15H2,1H3,(H,29,32). The van der Waals surface area contributed by atoms with Crippen LogP contribution in [0.2, 0.25) is 0 Å². The molecular formula is C26H23N5O2. The number of methoxy groups -OCH3 is 1. The van der Waals surface area contributed by atoms with Crippen molar-refractivity contribution in [1.82, 2.24) is 19.7 Å². The summed E-state index contributed by atoms with van der Waals surface area (Å²) in [6.45, 7) is 0. The molecule has 3 aromatic carbocycles. The number of nitrogens with zero attached hydrogens (tertiary/aromatic N) is 3. The maximum Gasteiger partial charge on any atom is 0.224 e. The average molecular weight is 438 g/mol. The van der Waals surface area contributed by atoms with E-state index in [-0.39, 0.29) is 5.91 Å². The second-order valence-electron chi connectivity index (χ2n) is 7.69. The molecule has 0 spiro atoms. The zero-order valence-corrected chi connectivity index (χ0v) is 18.2. The Kier molecular flexibility index (Phi) is 5.59. The molecule has 0 atom stereocenters. The van der Waals surface area contributed by atoms with Crippen LogP contribution in [0.25, 0.3) is 27.8 Å². The molecule has 0 aliphatic carbocycles. The molecule has 7 nitrogen and oxygen atoms in total. The predicted octanol–water partition coefficient (Wildman–Crippen LogP) is 5.00. The Morgan fingerprint density at radius 2 is 1.82 bits per heavy atom. The molecule has 0 radical (unpaired) electrons. The number of para-hydroxylation sites is 1. The van der Waals surface area contributed by atoms with Crippen molar-refractivity contribution < 1.29 is 9.53 Å². The number of amides is 1. The summed E-state index contributed by atoms with van der Waals surface area (Å²) in [7, 11) is 1.66. The molecule has 0 bridgehead atoms. The van der Waals surface area contributed by atoms with Gasteiger partial charge in [0.1, 0.15) is 18.4 Å². The van der Waals surface area contributed by atoms with Gasteiger partial charge in [-0.2, -0.15) is 5.10 Å². The van der Waals surface area contributed by atoms with E-state index >= 15 is 0 Å². The number of benzene rings is 3. The SMILES string of the molecule is COc1ccc(-c2[nH]c3ccccc3c2CCC(=O)Nc2ccc(-n3cncn3)cc2)cc1. The zero-order valence-electron chi connectivity index (χ0n) is 18.2. The lowest BCUT2D eigenvalue weighted by Gasteiger charge is -2.08. The molecular weight excluding hydrogens is 414 g/mol. The van der Waals surface area contributed by atoms with Crippen LogP contribution in [0.4, 0.5) is 5.69 Å². The highest BCUT2D eigenvalue weighted by atomic mass is 16.5. The van der Waals surface area contributed by atoms with Gasteiger partial charge in [0.2, 0.25) is 5.91 Å². The number of rotatable bonds is 7. The largest absolute Gasteiger partial charge is 0.497 e. The fourth-order valence-corrected chi connectivity index (χ4v) is 3.96. The second-order valence-corrected chi connectivity index (χ2v) is 7.69. The summed E-state index contributed by atoms with van der Waals surface area (Å²) < 4.78 is 6.96. The number of nitrogens with one attached hydrogen (secondary N) is 2. The van der Waals surface area contributed by atoms with Gasteiger partial charge in [-0.15, -0.1) is 0 Å². The van der Waals surface area contributed by atoms with Gasteiger partial charge in [0.05, 0.1) is 12.8 Å². The van der Waals surface area contributed by atoms with E-state index in [2.05, 4.69) is 32.5 Å². The van der Waals surface area contributed by atoms with Gasteiger partial charge in [0.15, 0.2) is 0 Å². The molecule has 0 saturated heterocycles. The van der Waals surface area contributed by atoms with Crippen molar-refractivity contribution in [2.45, 2.75) is 12.8 Å². The third kappa shape index (κ3) is 4.34. The van der Waals surface area contributed by atoms with Crippen LogP contribution in [0.15, 0.2) is 85.5 Å². The Balaban J connectivity index is 1.33. The number of aryl methyl sites for hydroxylation is 1. The van der Waals surface area contributed by atoms with E-state index in [4.69, 9.17) is 4.74 Å². The first-order valence-corrected chi connectivity index (χ1v) is 10.7. The van der Waals surface area contributed by atoms with Gasteiger partial charge < -0.3 is 15.0 Å². The Labute approximate surface area is 191 Å². The van der Waals surface area contributed by atoms with Crippen molar-refractivity contribution in [3.63, 3.8) is 0 Å². The van der Waals surface area contributed by atoms with Gasteiger partial charge in [-0.25, -0.2) is 9.67 Å². The summed E-state index contributed by atoms with van der Waals surface area (Å²) in [5.74, 6) is 0.778. The quantitative estimate of drug-likeness (QED) is 0.375. The minimum absolute atomic E-state index is 0.0329. The summed E-state index contributed by atoms with van der Waals surface area (Å²) >= 11 is 0. The zero-order chi connectivity index (χ0) is 22.6. The molecule has 0 saturated carbocycles. The molecule has 7 heteroatoms. The highest BCUT2D eigenvalue weighted by molar-refractivity contribution is 5.94. The summed E-state index contributed by atoms with van der Waals surface area (Å²) in [6, 6.07) is 23.7. The number of anilines is 1. The minimum Gasteiger partial charge on any atom is -0.497 e. The molecule has 0 aliphatic heterocycles. The van der Waals surface area contributed by atoms with Crippen molar-refractivity contribution >= 4 is 22.5 Å². The summed E-state index contributed by atoms with van der Waals surface area (Å²) in [6.07, 6.45) is 4.11. The number of ether oxygens (including phenoxy) is 1. The summed E-state index contributed by atoms with van der Waals surface area (Å²) in [5, 5.41) is 8.23. The number of aromatic amines is 1. The monoisotopic (exact) mass is 437 g/mol. The van der Waals surface area contributed by atoms with Crippen molar-refractivity contribution in [1.29, 1.82) is 0 Å². The number of aromatic nitrogens is 4. The first kappa shape index (κ1) is 20.5. The van der Waals surface area contributed by atoms with Crippen LogP contribution in [0.5, 0.6) is 5.75 Å². The molecule has 5 rings (SSSR count). The van der Waals surface area contributed by atoms with Gasteiger partial charge in [-0.3, -0.25) is 4.79 Å². The van der Waals surface area contributed by atoms with E-state index in [0.717, 1.165) is 44.8 Å². The number of hydrogen-bond acceptors (Lipinski definition) is 4. The topological polar surface area (TPSA) is 84.8 Å². The number of carbonyl (C=O) groups is 1. The van der Waals surface area contributed by atoms with E-state index in [1.165, 1.54) is 6.33 Å². The van der Waals surface area contributed by atoms with Crippen LogP contribution in [0.3, 0.4) is 0 Å². The van der Waals surface area contributed by atoms with Crippen molar-refractivity contribution in [2.24, 2.45) is 0 Å². The van der Waals surface area contributed by atoms with Crippen LogP contribution >= 0.6 is 0 Å². The second kappa shape index (κ2) is 9.00. The van der Waals surface area contributed by atoms with Crippen LogP contribution in [-0.2, 0) is 11.2 Å². The Morgan fingerprint density at radius 1 is 1.03 bits per heavy atom. The molecule has 2 aromatic heterocycles. The van der Waals surface area contributed by atoms with Gasteiger partial charge in [-0.05, 0) is 72.1 Å². The summed E-state index contributed by atoms with van der Waals surface area (Å²) in [4.78, 5) is 20.2. The lowest BCUT2D eigenvalue weighted by atomic mass is 10.0. The van der Waals surface area contributed by atoms with Crippen LogP contribution in [-0.4, -0.2) is 32.8 Å². The van der Waals surface area contributed by atoms with Gasteiger partial charge in [-0.1, -0.05) is 18.2 Å². The lowest BCUT2D eigenvalue weighted by molar-refractivity contribution is -0.116. The number of fused-ring (bicyclic) bond motifs is 1. The molecule has 33 heavy (non-hydrogen) atoms. The van der Waals surface area contributed by atoms with E-state index in [9.17, 15) is 4.79 Å². The molecule has 2 heterocycles. The average Bonchev–Trinajstić information content (AvgIpc) is 3.52. The molecule has 0 aliphatic rings.